The first-order valence-electron chi connectivity index (χ1n) is 7.79. The van der Waals surface area contributed by atoms with Gasteiger partial charge in [0, 0.05) is 16.2 Å². The summed E-state index contributed by atoms with van der Waals surface area (Å²) in [7, 11) is 0. The maximum absolute atomic E-state index is 12.5. The number of fused-ring (bicyclic) bond motifs is 1. The van der Waals surface area contributed by atoms with E-state index in [1.54, 1.807) is 11.3 Å². The van der Waals surface area contributed by atoms with Crippen LogP contribution in [0, 0.1) is 0 Å². The molecule has 2 aromatic rings. The molecule has 0 saturated carbocycles. The number of hydrogen-bond donors (Lipinski definition) is 1. The van der Waals surface area contributed by atoms with Gasteiger partial charge >= 0.3 is 0 Å². The Labute approximate surface area is 134 Å². The molecule has 2 heterocycles. The molecule has 118 valence electrons. The maximum atomic E-state index is 12.5. The fraction of sp³-hybridized carbons (Fsp3) is 0.562. The Hall–Kier alpha value is -1.69. The highest BCUT2D eigenvalue weighted by molar-refractivity contribution is 7.10. The molecule has 1 amide bonds. The molecule has 22 heavy (non-hydrogen) atoms. The lowest BCUT2D eigenvalue weighted by molar-refractivity contribution is 0.0933. The Balaban J connectivity index is 1.72. The van der Waals surface area contributed by atoms with Gasteiger partial charge in [-0.3, -0.25) is 4.79 Å². The van der Waals surface area contributed by atoms with Crippen molar-refractivity contribution in [2.75, 3.05) is 0 Å². The van der Waals surface area contributed by atoms with Crippen LogP contribution in [0.5, 0.6) is 0 Å². The fourth-order valence-corrected chi connectivity index (χ4v) is 3.80. The van der Waals surface area contributed by atoms with E-state index in [0.29, 0.717) is 11.8 Å². The van der Waals surface area contributed by atoms with Gasteiger partial charge < -0.3 is 9.73 Å². The zero-order valence-corrected chi connectivity index (χ0v) is 14.0. The van der Waals surface area contributed by atoms with Gasteiger partial charge in [-0.2, -0.15) is 0 Å². The molecule has 0 aromatic carbocycles. The minimum Gasteiger partial charge on any atom is -0.423 e. The number of aryl methyl sites for hydroxylation is 1. The maximum Gasteiger partial charge on any atom is 0.253 e. The van der Waals surface area contributed by atoms with Crippen molar-refractivity contribution in [2.45, 2.75) is 58.4 Å². The average Bonchev–Trinajstić information content (AvgIpc) is 3.14. The molecule has 5 nitrogen and oxygen atoms in total. The lowest BCUT2D eigenvalue weighted by Gasteiger charge is -2.14. The number of nitrogens with zero attached hydrogens (tertiary/aromatic N) is 2. The van der Waals surface area contributed by atoms with Crippen molar-refractivity contribution in [1.29, 1.82) is 0 Å². The molecule has 0 bridgehead atoms. The second-order valence-electron chi connectivity index (χ2n) is 6.09. The third-order valence-corrected chi connectivity index (χ3v) is 5.06. The summed E-state index contributed by atoms with van der Waals surface area (Å²) in [5.41, 5.74) is 2.05. The molecule has 1 aliphatic rings. The quantitative estimate of drug-likeness (QED) is 0.934. The predicted molar refractivity (Wildman–Crippen MR) is 85.2 cm³/mol. The van der Waals surface area contributed by atoms with E-state index in [0.717, 1.165) is 18.4 Å². The second-order valence-corrected chi connectivity index (χ2v) is 7.05. The lowest BCUT2D eigenvalue weighted by atomic mass is 9.95. The summed E-state index contributed by atoms with van der Waals surface area (Å²) in [4.78, 5) is 13.9. The number of nitrogens with one attached hydrogen (secondary N) is 1. The average molecular weight is 319 g/mol. The highest BCUT2D eigenvalue weighted by Gasteiger charge is 2.23. The molecule has 0 unspecified atom stereocenters. The first-order chi connectivity index (χ1) is 10.6. The Morgan fingerprint density at radius 2 is 1.95 bits per heavy atom. The van der Waals surface area contributed by atoms with Crippen LogP contribution in [0.25, 0.3) is 0 Å². The van der Waals surface area contributed by atoms with Crippen LogP contribution in [0.15, 0.2) is 9.80 Å². The summed E-state index contributed by atoms with van der Waals surface area (Å²) in [6.07, 6.45) is 4.50. The molecule has 0 spiro atoms. The van der Waals surface area contributed by atoms with E-state index in [1.807, 2.05) is 26.2 Å². The highest BCUT2D eigenvalue weighted by Crippen LogP contribution is 2.30. The van der Waals surface area contributed by atoms with Crippen LogP contribution in [0.3, 0.4) is 0 Å². The summed E-state index contributed by atoms with van der Waals surface area (Å²) < 4.78 is 5.60. The normalized spacial score (nSPS) is 15.6. The number of carbonyl (C=O) groups excluding carboxylic acids is 1. The molecule has 1 aliphatic carbocycles. The monoisotopic (exact) mass is 319 g/mol. The summed E-state index contributed by atoms with van der Waals surface area (Å²) in [5.74, 6) is 1.20. The molecule has 0 saturated heterocycles. The van der Waals surface area contributed by atoms with E-state index >= 15 is 0 Å². The summed E-state index contributed by atoms with van der Waals surface area (Å²) in [5, 5.41) is 13.0. The molecular weight excluding hydrogens is 298 g/mol. The number of carbonyl (C=O) groups is 1. The van der Waals surface area contributed by atoms with Crippen LogP contribution < -0.4 is 5.32 Å². The zero-order valence-electron chi connectivity index (χ0n) is 13.2. The van der Waals surface area contributed by atoms with Crippen LogP contribution in [0.2, 0.25) is 0 Å². The van der Waals surface area contributed by atoms with Gasteiger partial charge in [-0.15, -0.1) is 21.5 Å². The van der Waals surface area contributed by atoms with Gasteiger partial charge in [0.2, 0.25) is 11.8 Å². The smallest absolute Gasteiger partial charge is 0.253 e. The molecule has 6 heteroatoms. The predicted octanol–water partition coefficient (Wildman–Crippen LogP) is 3.62. The SMILES string of the molecule is CC(C)c1nnc([C@@H](C)NC(=O)c2csc3c2CCCC3)o1. The first kappa shape index (κ1) is 15.2. The van der Waals surface area contributed by atoms with E-state index in [2.05, 4.69) is 15.5 Å². The minimum atomic E-state index is -0.286. The molecule has 1 atom stereocenters. The Morgan fingerprint density at radius 1 is 1.23 bits per heavy atom. The standard InChI is InChI=1S/C16H21N3O2S/c1-9(2)15-18-19-16(21-15)10(3)17-14(20)12-8-22-13-7-5-4-6-11(12)13/h8-10H,4-7H2,1-3H3,(H,17,20)/t10-/m1/s1. The van der Waals surface area contributed by atoms with Crippen LogP contribution in [0.4, 0.5) is 0 Å². The van der Waals surface area contributed by atoms with E-state index in [9.17, 15) is 4.79 Å². The van der Waals surface area contributed by atoms with Crippen LogP contribution in [-0.4, -0.2) is 16.1 Å². The van der Waals surface area contributed by atoms with E-state index in [-0.39, 0.29) is 17.9 Å². The highest BCUT2D eigenvalue weighted by atomic mass is 32.1. The van der Waals surface area contributed by atoms with E-state index in [1.165, 1.54) is 23.3 Å². The topological polar surface area (TPSA) is 68.0 Å². The molecule has 0 fully saturated rings. The Bertz CT molecular complexity index is 675. The number of hydrogen-bond acceptors (Lipinski definition) is 5. The Kier molecular flexibility index (Phi) is 4.29. The van der Waals surface area contributed by atoms with Crippen molar-refractivity contribution in [1.82, 2.24) is 15.5 Å². The lowest BCUT2D eigenvalue weighted by Crippen LogP contribution is -2.27. The summed E-state index contributed by atoms with van der Waals surface area (Å²) in [6.45, 7) is 5.87. The second kappa shape index (κ2) is 6.20. The van der Waals surface area contributed by atoms with Gasteiger partial charge in [-0.25, -0.2) is 0 Å². The molecule has 0 radical (unpaired) electrons. The molecule has 3 rings (SSSR count). The van der Waals surface area contributed by atoms with Gasteiger partial charge in [0.25, 0.3) is 5.91 Å². The number of thiophene rings is 1. The number of amides is 1. The molecule has 0 aliphatic heterocycles. The van der Waals surface area contributed by atoms with Gasteiger partial charge in [0.15, 0.2) is 0 Å². The first-order valence-corrected chi connectivity index (χ1v) is 8.67. The van der Waals surface area contributed by atoms with Gasteiger partial charge in [0.05, 0.1) is 5.56 Å². The van der Waals surface area contributed by atoms with Crippen molar-refractivity contribution < 1.29 is 9.21 Å². The fourth-order valence-electron chi connectivity index (χ4n) is 2.68. The van der Waals surface area contributed by atoms with Crippen LogP contribution in [-0.2, 0) is 12.8 Å². The minimum absolute atomic E-state index is 0.0452. The largest absolute Gasteiger partial charge is 0.423 e. The van der Waals surface area contributed by atoms with Crippen molar-refractivity contribution >= 4 is 17.2 Å². The van der Waals surface area contributed by atoms with Crippen molar-refractivity contribution in [3.63, 3.8) is 0 Å². The number of aromatic nitrogens is 2. The zero-order chi connectivity index (χ0) is 15.7. The van der Waals surface area contributed by atoms with Gasteiger partial charge in [0.1, 0.15) is 6.04 Å². The third-order valence-electron chi connectivity index (χ3n) is 3.97. The van der Waals surface area contributed by atoms with Gasteiger partial charge in [-0.05, 0) is 38.2 Å². The summed E-state index contributed by atoms with van der Waals surface area (Å²) >= 11 is 1.70. The molecule has 1 N–H and O–H groups in total. The van der Waals surface area contributed by atoms with Crippen molar-refractivity contribution in [3.05, 3.63) is 33.2 Å². The van der Waals surface area contributed by atoms with E-state index < -0.39 is 0 Å². The number of rotatable bonds is 4. The Morgan fingerprint density at radius 3 is 2.68 bits per heavy atom. The molecular formula is C16H21N3O2S. The van der Waals surface area contributed by atoms with Crippen molar-refractivity contribution in [2.24, 2.45) is 0 Å². The molecule has 2 aromatic heterocycles. The van der Waals surface area contributed by atoms with Gasteiger partial charge in [-0.1, -0.05) is 13.8 Å². The van der Waals surface area contributed by atoms with Crippen LogP contribution >= 0.6 is 11.3 Å². The third kappa shape index (κ3) is 2.92. The summed E-state index contributed by atoms with van der Waals surface area (Å²) in [6, 6.07) is -0.286. The van der Waals surface area contributed by atoms with Crippen molar-refractivity contribution in [3.8, 4) is 0 Å². The van der Waals surface area contributed by atoms with E-state index in [4.69, 9.17) is 4.42 Å². The van der Waals surface area contributed by atoms with Crippen LogP contribution in [0.1, 0.15) is 78.2 Å².